The van der Waals surface area contributed by atoms with Crippen LogP contribution in [0.15, 0.2) is 12.1 Å². The summed E-state index contributed by atoms with van der Waals surface area (Å²) >= 11 is 1.01. The Kier molecular flexibility index (Phi) is 9.04. The molecular formula is C38H44FN7O4S. The summed E-state index contributed by atoms with van der Waals surface area (Å²) < 4.78 is 27.5. The Bertz CT molecular complexity index is 2120. The lowest BCUT2D eigenvalue weighted by Crippen LogP contribution is -2.45. The van der Waals surface area contributed by atoms with Crippen LogP contribution in [0.25, 0.3) is 32.1 Å². The lowest BCUT2D eigenvalue weighted by Gasteiger charge is -2.31. The Morgan fingerprint density at radius 1 is 1.16 bits per heavy atom. The molecule has 2 aromatic carbocycles. The van der Waals surface area contributed by atoms with E-state index in [1.807, 2.05) is 7.05 Å². The van der Waals surface area contributed by atoms with Crippen LogP contribution in [0.1, 0.15) is 83.1 Å². The molecule has 13 heteroatoms. The summed E-state index contributed by atoms with van der Waals surface area (Å²) in [5.41, 5.74) is 4.39. The number of thiophene rings is 1. The van der Waals surface area contributed by atoms with Gasteiger partial charge in [-0.1, -0.05) is 19.9 Å². The summed E-state index contributed by atoms with van der Waals surface area (Å²) in [6.07, 6.45) is 2.44. The quantitative estimate of drug-likeness (QED) is 0.206. The van der Waals surface area contributed by atoms with Gasteiger partial charge in [0.1, 0.15) is 34.3 Å². The van der Waals surface area contributed by atoms with Crippen molar-refractivity contribution in [3.63, 3.8) is 0 Å². The molecule has 0 bridgehead atoms. The SMILES string of the molecule is CCc1c(-c2ccc(F)c3sc(NC(=O)OC(C)(C)C)c(C#N)c23)c2c(c3c(NC4CCCN(C)C4=O)nc(N4CCC(C)C4C)nc13)COC2. The predicted octanol–water partition coefficient (Wildman–Crippen LogP) is 7.73. The first kappa shape index (κ1) is 34.9. The Morgan fingerprint density at radius 2 is 1.92 bits per heavy atom. The second-order valence-electron chi connectivity index (χ2n) is 14.9. The summed E-state index contributed by atoms with van der Waals surface area (Å²) in [6, 6.07) is 5.16. The number of rotatable bonds is 6. The average molecular weight is 714 g/mol. The van der Waals surface area contributed by atoms with Crippen LogP contribution in [0.3, 0.4) is 0 Å². The van der Waals surface area contributed by atoms with Gasteiger partial charge >= 0.3 is 6.09 Å². The number of carbonyl (C=O) groups excluding carboxylic acids is 2. The number of aryl methyl sites for hydroxylation is 1. The van der Waals surface area contributed by atoms with E-state index >= 15 is 4.39 Å². The first-order chi connectivity index (χ1) is 24.3. The number of nitriles is 1. The molecule has 0 aliphatic carbocycles. The minimum atomic E-state index is -0.759. The van der Waals surface area contributed by atoms with Crippen molar-refractivity contribution in [3.8, 4) is 17.2 Å². The molecule has 2 fully saturated rings. The van der Waals surface area contributed by atoms with Crippen molar-refractivity contribution in [2.45, 2.75) is 98.1 Å². The van der Waals surface area contributed by atoms with Crippen LogP contribution in [0, 0.1) is 23.1 Å². The van der Waals surface area contributed by atoms with E-state index in [0.717, 1.165) is 70.4 Å². The van der Waals surface area contributed by atoms with Crippen LogP contribution in [0.2, 0.25) is 0 Å². The molecule has 3 aliphatic heterocycles. The number of carbonyl (C=O) groups is 2. The topological polar surface area (TPSA) is 133 Å². The molecule has 3 unspecified atom stereocenters. The van der Waals surface area contributed by atoms with Gasteiger partial charge in [0, 0.05) is 37.0 Å². The number of nitrogens with zero attached hydrogens (tertiary/aromatic N) is 5. The summed E-state index contributed by atoms with van der Waals surface area (Å²) in [4.78, 5) is 40.6. The largest absolute Gasteiger partial charge is 0.444 e. The van der Waals surface area contributed by atoms with Gasteiger partial charge in [0.25, 0.3) is 0 Å². The number of fused-ring (bicyclic) bond motifs is 4. The molecule has 2 saturated heterocycles. The van der Waals surface area contributed by atoms with Crippen molar-refractivity contribution in [3.05, 3.63) is 40.2 Å². The lowest BCUT2D eigenvalue weighted by molar-refractivity contribution is -0.132. The molecule has 2 amide bonds. The van der Waals surface area contributed by atoms with Gasteiger partial charge in [-0.15, -0.1) is 11.3 Å². The Morgan fingerprint density at radius 3 is 2.61 bits per heavy atom. The van der Waals surface area contributed by atoms with Crippen LogP contribution in [0.5, 0.6) is 0 Å². The number of likely N-dealkylation sites (tertiary alicyclic amines) is 1. The van der Waals surface area contributed by atoms with Gasteiger partial charge in [-0.2, -0.15) is 10.2 Å². The number of anilines is 3. The van der Waals surface area contributed by atoms with Gasteiger partial charge in [0.05, 0.1) is 29.0 Å². The normalized spacial score (nSPS) is 20.6. The van der Waals surface area contributed by atoms with Crippen LogP contribution in [-0.4, -0.2) is 64.7 Å². The number of nitrogens with one attached hydrogen (secondary N) is 2. The fraction of sp³-hybridized carbons (Fsp3) is 0.500. The minimum absolute atomic E-state index is 0.0314. The summed E-state index contributed by atoms with van der Waals surface area (Å²) in [5, 5.41) is 18.2. The first-order valence-corrected chi connectivity index (χ1v) is 18.5. The molecule has 268 valence electrons. The van der Waals surface area contributed by atoms with E-state index in [2.05, 4.69) is 42.4 Å². The van der Waals surface area contributed by atoms with Crippen LogP contribution in [0.4, 0.5) is 26.0 Å². The summed E-state index contributed by atoms with van der Waals surface area (Å²) in [6.45, 7) is 13.9. The van der Waals surface area contributed by atoms with E-state index in [9.17, 15) is 14.9 Å². The van der Waals surface area contributed by atoms with Crippen molar-refractivity contribution in [1.82, 2.24) is 14.9 Å². The van der Waals surface area contributed by atoms with E-state index < -0.39 is 23.6 Å². The molecule has 51 heavy (non-hydrogen) atoms. The highest BCUT2D eigenvalue weighted by molar-refractivity contribution is 7.23. The van der Waals surface area contributed by atoms with E-state index in [1.165, 1.54) is 6.07 Å². The number of hydrogen-bond acceptors (Lipinski definition) is 10. The second kappa shape index (κ2) is 13.2. The first-order valence-electron chi connectivity index (χ1n) is 17.7. The number of aromatic nitrogens is 2. The summed E-state index contributed by atoms with van der Waals surface area (Å²) in [5.74, 6) is 1.21. The number of hydrogen-bond donors (Lipinski definition) is 2. The minimum Gasteiger partial charge on any atom is -0.444 e. The molecule has 5 heterocycles. The molecular weight excluding hydrogens is 670 g/mol. The van der Waals surface area contributed by atoms with Crippen molar-refractivity contribution >= 4 is 61.1 Å². The fourth-order valence-corrected chi connectivity index (χ4v) is 8.78. The van der Waals surface area contributed by atoms with Crippen molar-refractivity contribution in [2.24, 2.45) is 5.92 Å². The van der Waals surface area contributed by atoms with Gasteiger partial charge in [-0.3, -0.25) is 10.1 Å². The van der Waals surface area contributed by atoms with Crippen LogP contribution >= 0.6 is 11.3 Å². The van der Waals surface area contributed by atoms with Crippen LogP contribution < -0.4 is 15.5 Å². The molecule has 11 nitrogen and oxygen atoms in total. The average Bonchev–Trinajstić information content (AvgIpc) is 3.79. The third-order valence-electron chi connectivity index (χ3n) is 10.5. The number of amides is 2. The highest BCUT2D eigenvalue weighted by Crippen LogP contribution is 2.49. The molecule has 0 radical (unpaired) electrons. The molecule has 2 aromatic heterocycles. The van der Waals surface area contributed by atoms with Gasteiger partial charge in [0.15, 0.2) is 0 Å². The standard InChI is InChI=1S/C38H44FN7O4S/c1-8-21-28(22-11-12-26(39)32-29(22)23(16-40)34(51-32)44-37(48)50-38(4,5)6)24-17-49-18-25(24)30-31(21)42-36(46-15-13-19(2)20(46)3)43-33(30)41-27-10-9-14-45(7)35(27)47/h11-12,19-20,27H,8-10,13-15,17-18H2,1-7H3,(H,44,48)(H,41,42,43). The van der Waals surface area contributed by atoms with E-state index in [1.54, 1.807) is 31.7 Å². The van der Waals surface area contributed by atoms with Crippen molar-refractivity contribution in [2.75, 3.05) is 35.7 Å². The Labute approximate surface area is 301 Å². The number of likely N-dealkylation sites (N-methyl/N-ethyl adjacent to an activating group) is 1. The Hall–Kier alpha value is -4.54. The maximum Gasteiger partial charge on any atom is 0.412 e. The zero-order chi connectivity index (χ0) is 36.4. The Balaban J connectivity index is 1.49. The fourth-order valence-electron chi connectivity index (χ4n) is 7.71. The second-order valence-corrected chi connectivity index (χ2v) is 15.9. The molecule has 3 aliphatic rings. The maximum absolute atomic E-state index is 15.6. The number of halogens is 1. The lowest BCUT2D eigenvalue weighted by atomic mass is 9.86. The van der Waals surface area contributed by atoms with E-state index in [-0.39, 0.29) is 27.2 Å². The number of ether oxygens (including phenoxy) is 2. The van der Waals surface area contributed by atoms with Crippen molar-refractivity contribution in [1.29, 1.82) is 5.26 Å². The monoisotopic (exact) mass is 713 g/mol. The number of piperidine rings is 1. The summed E-state index contributed by atoms with van der Waals surface area (Å²) in [7, 11) is 1.83. The maximum atomic E-state index is 15.6. The molecule has 7 rings (SSSR count). The molecule has 4 aromatic rings. The molecule has 2 N–H and O–H groups in total. The third kappa shape index (κ3) is 6.12. The predicted molar refractivity (Wildman–Crippen MR) is 198 cm³/mol. The smallest absolute Gasteiger partial charge is 0.412 e. The van der Waals surface area contributed by atoms with E-state index in [4.69, 9.17) is 19.4 Å². The number of benzene rings is 2. The molecule has 0 spiro atoms. The van der Waals surface area contributed by atoms with Gasteiger partial charge in [0.2, 0.25) is 11.9 Å². The van der Waals surface area contributed by atoms with Crippen LogP contribution in [-0.2, 0) is 33.9 Å². The van der Waals surface area contributed by atoms with Crippen molar-refractivity contribution < 1.29 is 23.5 Å². The van der Waals surface area contributed by atoms with Gasteiger partial charge < -0.3 is 24.6 Å². The zero-order valence-electron chi connectivity index (χ0n) is 30.2. The highest BCUT2D eigenvalue weighted by atomic mass is 32.1. The van der Waals surface area contributed by atoms with Gasteiger partial charge in [-0.05, 0) is 93.2 Å². The molecule has 3 atom stereocenters. The van der Waals surface area contributed by atoms with Gasteiger partial charge in [-0.25, -0.2) is 14.2 Å². The molecule has 0 saturated carbocycles. The third-order valence-corrected chi connectivity index (χ3v) is 11.6. The zero-order valence-corrected chi connectivity index (χ0v) is 31.0. The highest BCUT2D eigenvalue weighted by Gasteiger charge is 2.35. The van der Waals surface area contributed by atoms with E-state index in [0.29, 0.717) is 54.7 Å².